The summed E-state index contributed by atoms with van der Waals surface area (Å²) < 4.78 is 0. The number of rotatable bonds is 7. The van der Waals surface area contributed by atoms with Gasteiger partial charge in [0, 0.05) is 12.3 Å². The Labute approximate surface area is 124 Å². The van der Waals surface area contributed by atoms with E-state index in [1.54, 1.807) is 17.8 Å². The molecule has 0 aliphatic carbocycles. The summed E-state index contributed by atoms with van der Waals surface area (Å²) in [5.74, 6) is 2.42. The second-order valence-corrected chi connectivity index (χ2v) is 6.18. The summed E-state index contributed by atoms with van der Waals surface area (Å²) in [6.45, 7) is 7.39. The molecule has 0 saturated carbocycles. The zero-order valence-corrected chi connectivity index (χ0v) is 13.4. The fourth-order valence-corrected chi connectivity index (χ4v) is 2.88. The molecule has 0 aliphatic rings. The van der Waals surface area contributed by atoms with Crippen molar-refractivity contribution in [3.05, 3.63) is 16.1 Å². The lowest BCUT2D eigenvalue weighted by molar-refractivity contribution is 0.636. The maximum absolute atomic E-state index is 6.17. The van der Waals surface area contributed by atoms with Gasteiger partial charge in [0.25, 0.3) is 0 Å². The van der Waals surface area contributed by atoms with Crippen LogP contribution < -0.4 is 5.32 Å². The quantitative estimate of drug-likeness (QED) is 0.687. The lowest BCUT2D eigenvalue weighted by atomic mass is 10.2. The maximum atomic E-state index is 6.17. The Balaban J connectivity index is 2.77. The average Bonchev–Trinajstić information content (AvgIpc) is 2.36. The zero-order chi connectivity index (χ0) is 13.5. The molecule has 0 saturated heterocycles. The van der Waals surface area contributed by atoms with Gasteiger partial charge in [-0.15, -0.1) is 11.8 Å². The van der Waals surface area contributed by atoms with E-state index in [-0.39, 0.29) is 0 Å². The molecule has 5 heteroatoms. The third-order valence-corrected chi connectivity index (χ3v) is 4.65. The molecule has 0 bridgehead atoms. The van der Waals surface area contributed by atoms with Gasteiger partial charge in [-0.3, -0.25) is 0 Å². The molecule has 0 aromatic carbocycles. The summed E-state index contributed by atoms with van der Waals surface area (Å²) in [5, 5.41) is 5.30. The van der Waals surface area contributed by atoms with Crippen molar-refractivity contribution < 1.29 is 0 Å². The summed E-state index contributed by atoms with van der Waals surface area (Å²) in [6.07, 6.45) is 2.20. The Morgan fingerprint density at radius 3 is 2.67 bits per heavy atom. The van der Waals surface area contributed by atoms with Gasteiger partial charge in [0.05, 0.1) is 10.0 Å². The lowest BCUT2D eigenvalue weighted by Crippen LogP contribution is -2.04. The summed E-state index contributed by atoms with van der Waals surface area (Å²) in [4.78, 5) is 4.50. The fraction of sp³-hybridized carbons (Fsp3) is 0.615. The van der Waals surface area contributed by atoms with Gasteiger partial charge in [-0.05, 0) is 18.4 Å². The van der Waals surface area contributed by atoms with Crippen molar-refractivity contribution in [3.63, 3.8) is 0 Å². The number of pyridine rings is 1. The molecule has 1 aromatic rings. The maximum Gasteiger partial charge on any atom is 0.146 e. The normalized spacial score (nSPS) is 12.5. The van der Waals surface area contributed by atoms with E-state index in [0.29, 0.717) is 16.0 Å². The van der Waals surface area contributed by atoms with E-state index in [4.69, 9.17) is 23.2 Å². The predicted octanol–water partition coefficient (Wildman–Crippen LogP) is 5.35. The van der Waals surface area contributed by atoms with Crippen LogP contribution in [0.15, 0.2) is 11.1 Å². The van der Waals surface area contributed by atoms with Crippen molar-refractivity contribution in [2.45, 2.75) is 38.6 Å². The first-order valence-electron chi connectivity index (χ1n) is 6.31. The smallest absolute Gasteiger partial charge is 0.146 e. The molecule has 1 atom stereocenters. The molecule has 102 valence electrons. The highest BCUT2D eigenvalue weighted by atomic mass is 35.5. The Kier molecular flexibility index (Phi) is 7.20. The molecule has 0 fully saturated rings. The van der Waals surface area contributed by atoms with Crippen LogP contribution >= 0.6 is 35.0 Å². The summed E-state index contributed by atoms with van der Waals surface area (Å²) in [7, 11) is 0. The van der Waals surface area contributed by atoms with Crippen LogP contribution in [0.25, 0.3) is 0 Å². The minimum Gasteiger partial charge on any atom is -0.369 e. The Hall–Kier alpha value is -0.120. The highest BCUT2D eigenvalue weighted by Crippen LogP contribution is 2.33. The molecular weight excluding hydrogens is 287 g/mol. The second-order valence-electron chi connectivity index (χ2n) is 4.36. The van der Waals surface area contributed by atoms with Crippen molar-refractivity contribution in [2.24, 2.45) is 5.92 Å². The molecule has 1 aromatic heterocycles. The Bertz CT molecular complexity index is 385. The van der Waals surface area contributed by atoms with Gasteiger partial charge in [0.2, 0.25) is 0 Å². The molecule has 1 heterocycles. The number of thioether (sulfide) groups is 1. The van der Waals surface area contributed by atoms with Gasteiger partial charge in [-0.2, -0.15) is 0 Å². The van der Waals surface area contributed by atoms with E-state index in [1.807, 2.05) is 0 Å². The van der Waals surface area contributed by atoms with E-state index in [9.17, 15) is 0 Å². The number of halogens is 2. The number of anilines is 1. The highest BCUT2D eigenvalue weighted by Gasteiger charge is 2.10. The number of aromatic nitrogens is 1. The van der Waals surface area contributed by atoms with Crippen LogP contribution in [0.1, 0.15) is 33.6 Å². The number of hydrogen-bond donors (Lipinski definition) is 1. The SMILES string of the molecule is CCCNc1nc(SCC(C)CC)c(Cl)cc1Cl. The van der Waals surface area contributed by atoms with Crippen molar-refractivity contribution in [1.29, 1.82) is 0 Å². The third-order valence-electron chi connectivity index (χ3n) is 2.64. The third kappa shape index (κ3) is 4.87. The van der Waals surface area contributed by atoms with E-state index in [1.165, 1.54) is 6.42 Å². The monoisotopic (exact) mass is 306 g/mol. The average molecular weight is 307 g/mol. The molecule has 2 nitrogen and oxygen atoms in total. The standard InChI is InChI=1S/C13H20Cl2N2S/c1-4-6-16-12-10(14)7-11(15)13(17-12)18-8-9(3)5-2/h7,9H,4-6,8H2,1-3H3,(H,16,17). The number of nitrogens with zero attached hydrogens (tertiary/aromatic N) is 1. The molecule has 18 heavy (non-hydrogen) atoms. The lowest BCUT2D eigenvalue weighted by Gasteiger charge is -2.12. The first-order valence-corrected chi connectivity index (χ1v) is 8.05. The van der Waals surface area contributed by atoms with E-state index in [2.05, 4.69) is 31.1 Å². The summed E-state index contributed by atoms with van der Waals surface area (Å²) >= 11 is 14.0. The molecule has 0 spiro atoms. The Morgan fingerprint density at radius 2 is 2.06 bits per heavy atom. The van der Waals surface area contributed by atoms with Gasteiger partial charge < -0.3 is 5.32 Å². The van der Waals surface area contributed by atoms with E-state index < -0.39 is 0 Å². The molecule has 0 radical (unpaired) electrons. The minimum atomic E-state index is 0.585. The number of hydrogen-bond acceptors (Lipinski definition) is 3. The van der Waals surface area contributed by atoms with Gasteiger partial charge in [0.15, 0.2) is 0 Å². The highest BCUT2D eigenvalue weighted by molar-refractivity contribution is 7.99. The predicted molar refractivity (Wildman–Crippen MR) is 83.2 cm³/mol. The molecule has 1 unspecified atom stereocenters. The summed E-state index contributed by atoms with van der Waals surface area (Å²) in [6, 6.07) is 1.77. The summed E-state index contributed by atoms with van der Waals surface area (Å²) in [5.41, 5.74) is 0. The van der Waals surface area contributed by atoms with Crippen LogP contribution in [0.5, 0.6) is 0 Å². The van der Waals surface area contributed by atoms with Gasteiger partial charge >= 0.3 is 0 Å². The molecular formula is C13H20Cl2N2S. The van der Waals surface area contributed by atoms with Crippen LogP contribution in [-0.4, -0.2) is 17.3 Å². The Morgan fingerprint density at radius 1 is 1.33 bits per heavy atom. The van der Waals surface area contributed by atoms with E-state index >= 15 is 0 Å². The zero-order valence-electron chi connectivity index (χ0n) is 11.1. The van der Waals surface area contributed by atoms with Crippen LogP contribution in [-0.2, 0) is 0 Å². The van der Waals surface area contributed by atoms with Gasteiger partial charge in [0.1, 0.15) is 10.8 Å². The topological polar surface area (TPSA) is 24.9 Å². The van der Waals surface area contributed by atoms with Crippen molar-refractivity contribution >= 4 is 40.8 Å². The molecule has 0 amide bonds. The molecule has 1 rings (SSSR count). The van der Waals surface area contributed by atoms with Gasteiger partial charge in [-0.25, -0.2) is 4.98 Å². The fourth-order valence-electron chi connectivity index (χ4n) is 1.26. The molecule has 1 N–H and O–H groups in total. The van der Waals surface area contributed by atoms with Crippen molar-refractivity contribution in [1.82, 2.24) is 4.98 Å². The first kappa shape index (κ1) is 15.9. The minimum absolute atomic E-state index is 0.585. The van der Waals surface area contributed by atoms with Gasteiger partial charge in [-0.1, -0.05) is 50.4 Å². The second kappa shape index (κ2) is 8.13. The van der Waals surface area contributed by atoms with Crippen LogP contribution in [0.4, 0.5) is 5.82 Å². The van der Waals surface area contributed by atoms with E-state index in [0.717, 1.165) is 29.6 Å². The van der Waals surface area contributed by atoms with Crippen molar-refractivity contribution in [3.8, 4) is 0 Å². The van der Waals surface area contributed by atoms with Crippen LogP contribution in [0, 0.1) is 5.92 Å². The number of nitrogens with one attached hydrogen (secondary N) is 1. The van der Waals surface area contributed by atoms with Crippen LogP contribution in [0.2, 0.25) is 10.0 Å². The molecule has 0 aliphatic heterocycles. The van der Waals surface area contributed by atoms with Crippen LogP contribution in [0.3, 0.4) is 0 Å². The first-order chi connectivity index (χ1) is 8.58. The van der Waals surface area contributed by atoms with Crippen molar-refractivity contribution in [2.75, 3.05) is 17.6 Å². The largest absolute Gasteiger partial charge is 0.369 e.